The van der Waals surface area contributed by atoms with E-state index in [0.29, 0.717) is 5.02 Å². The Bertz CT molecular complexity index is 982. The number of carbonyl (C=O) groups excluding carboxylic acids is 1. The first kappa shape index (κ1) is 18.6. The third kappa shape index (κ3) is 4.04. The largest absolute Gasteiger partial charge is 0.484 e. The van der Waals surface area contributed by atoms with Gasteiger partial charge in [0.2, 0.25) is 0 Å². The Hall–Kier alpha value is -2.79. The molecule has 0 aliphatic heterocycles. The number of nitrogens with zero attached hydrogens (tertiary/aromatic N) is 2. The minimum absolute atomic E-state index is 0.0483. The van der Waals surface area contributed by atoms with Crippen LogP contribution in [0.4, 0.5) is 0 Å². The molecule has 0 bridgehead atoms. The van der Waals surface area contributed by atoms with E-state index in [1.165, 1.54) is 17.5 Å². The van der Waals surface area contributed by atoms with Crippen LogP contribution in [0.25, 0.3) is 0 Å². The van der Waals surface area contributed by atoms with E-state index in [9.17, 15) is 4.79 Å². The number of amides is 1. The first-order valence-corrected chi connectivity index (χ1v) is 9.74. The summed E-state index contributed by atoms with van der Waals surface area (Å²) in [5.74, 6) is 1.27. The maximum Gasteiger partial charge on any atom is 0.258 e. The Morgan fingerprint density at radius 1 is 1.21 bits per heavy atom. The SMILES string of the molecule is Cn1ccnc1C(NC(=O)COc1ccc2c(c1)CCC2)c1ccc(Cl)cc1. The number of benzene rings is 2. The summed E-state index contributed by atoms with van der Waals surface area (Å²) in [5, 5.41) is 3.68. The summed E-state index contributed by atoms with van der Waals surface area (Å²) in [6.45, 7) is -0.0483. The van der Waals surface area contributed by atoms with E-state index < -0.39 is 0 Å². The number of rotatable bonds is 6. The van der Waals surface area contributed by atoms with Gasteiger partial charge in [-0.15, -0.1) is 0 Å². The third-order valence-electron chi connectivity index (χ3n) is 5.07. The molecule has 4 rings (SSSR count). The predicted octanol–water partition coefficient (Wildman–Crippen LogP) is 3.85. The van der Waals surface area contributed by atoms with Gasteiger partial charge in [-0.05, 0) is 60.2 Å². The third-order valence-corrected chi connectivity index (χ3v) is 5.32. The molecule has 1 N–H and O–H groups in total. The van der Waals surface area contributed by atoms with Crippen LogP contribution in [0.1, 0.15) is 35.0 Å². The van der Waals surface area contributed by atoms with Crippen LogP contribution >= 0.6 is 11.6 Å². The van der Waals surface area contributed by atoms with Crippen LogP contribution in [0.2, 0.25) is 5.02 Å². The van der Waals surface area contributed by atoms with Crippen molar-refractivity contribution in [1.29, 1.82) is 0 Å². The van der Waals surface area contributed by atoms with Crippen LogP contribution in [0, 0.1) is 0 Å². The molecule has 1 aromatic heterocycles. The number of imidazole rings is 1. The van der Waals surface area contributed by atoms with Crippen molar-refractivity contribution in [3.63, 3.8) is 0 Å². The van der Waals surface area contributed by atoms with Gasteiger partial charge in [-0.2, -0.15) is 0 Å². The van der Waals surface area contributed by atoms with E-state index in [4.69, 9.17) is 16.3 Å². The molecular weight excluding hydrogens is 374 g/mol. The first-order valence-electron chi connectivity index (χ1n) is 9.37. The van der Waals surface area contributed by atoms with Gasteiger partial charge < -0.3 is 14.6 Å². The van der Waals surface area contributed by atoms with Crippen LogP contribution < -0.4 is 10.1 Å². The lowest BCUT2D eigenvalue weighted by atomic mass is 10.1. The second-order valence-electron chi connectivity index (χ2n) is 7.02. The number of carbonyl (C=O) groups is 1. The second kappa shape index (κ2) is 8.07. The maximum absolute atomic E-state index is 12.6. The number of ether oxygens (including phenoxy) is 1. The molecular formula is C22H22ClN3O2. The molecule has 0 saturated heterocycles. The number of hydrogen-bond donors (Lipinski definition) is 1. The standard InChI is InChI=1S/C22H22ClN3O2/c1-26-12-11-24-22(26)21(16-5-8-18(23)9-6-16)25-20(27)14-28-19-10-7-15-3-2-4-17(15)13-19/h5-13,21H,2-4,14H2,1H3,(H,25,27). The monoisotopic (exact) mass is 395 g/mol. The summed E-state index contributed by atoms with van der Waals surface area (Å²) in [4.78, 5) is 17.0. The summed E-state index contributed by atoms with van der Waals surface area (Å²) in [7, 11) is 1.90. The molecule has 6 heteroatoms. The van der Waals surface area contributed by atoms with Crippen molar-refractivity contribution in [2.75, 3.05) is 6.61 Å². The Balaban J connectivity index is 1.46. The molecule has 5 nitrogen and oxygen atoms in total. The molecule has 1 heterocycles. The van der Waals surface area contributed by atoms with Crippen LogP contribution in [0.5, 0.6) is 5.75 Å². The molecule has 144 valence electrons. The summed E-state index contributed by atoms with van der Waals surface area (Å²) in [6, 6.07) is 13.1. The Morgan fingerprint density at radius 3 is 2.75 bits per heavy atom. The molecule has 1 atom stereocenters. The maximum atomic E-state index is 12.6. The summed E-state index contributed by atoms with van der Waals surface area (Å²) in [6.07, 6.45) is 6.96. The average molecular weight is 396 g/mol. The normalized spacial score (nSPS) is 13.8. The van der Waals surface area contributed by atoms with Gasteiger partial charge in [0, 0.05) is 24.5 Å². The zero-order valence-corrected chi connectivity index (χ0v) is 16.4. The fraction of sp³-hybridized carbons (Fsp3) is 0.273. The summed E-state index contributed by atoms with van der Waals surface area (Å²) in [5.41, 5.74) is 3.61. The van der Waals surface area contributed by atoms with Crippen molar-refractivity contribution in [2.45, 2.75) is 25.3 Å². The zero-order valence-electron chi connectivity index (χ0n) is 15.7. The van der Waals surface area contributed by atoms with Gasteiger partial charge in [-0.25, -0.2) is 4.98 Å². The van der Waals surface area contributed by atoms with Gasteiger partial charge in [0.1, 0.15) is 17.6 Å². The molecule has 0 fully saturated rings. The molecule has 1 aliphatic carbocycles. The quantitative estimate of drug-likeness (QED) is 0.689. The zero-order chi connectivity index (χ0) is 19.5. The van der Waals surface area contributed by atoms with Gasteiger partial charge in [0.25, 0.3) is 5.91 Å². The Morgan fingerprint density at radius 2 is 2.00 bits per heavy atom. The number of nitrogens with one attached hydrogen (secondary N) is 1. The number of fused-ring (bicyclic) bond motifs is 1. The van der Waals surface area contributed by atoms with E-state index in [2.05, 4.69) is 16.4 Å². The molecule has 0 radical (unpaired) electrons. The average Bonchev–Trinajstić information content (AvgIpc) is 3.33. The van der Waals surface area contributed by atoms with Gasteiger partial charge in [-0.1, -0.05) is 29.8 Å². The summed E-state index contributed by atoms with van der Waals surface area (Å²) >= 11 is 6.01. The predicted molar refractivity (Wildman–Crippen MR) is 109 cm³/mol. The highest BCUT2D eigenvalue weighted by atomic mass is 35.5. The van der Waals surface area contributed by atoms with Crippen molar-refractivity contribution in [3.05, 3.63) is 82.4 Å². The lowest BCUT2D eigenvalue weighted by molar-refractivity contribution is -0.123. The van der Waals surface area contributed by atoms with Gasteiger partial charge in [-0.3, -0.25) is 4.79 Å². The highest BCUT2D eigenvalue weighted by molar-refractivity contribution is 6.30. The van der Waals surface area contributed by atoms with Crippen molar-refractivity contribution < 1.29 is 9.53 Å². The number of aromatic nitrogens is 2. The molecule has 28 heavy (non-hydrogen) atoms. The lowest BCUT2D eigenvalue weighted by Crippen LogP contribution is -2.34. The minimum Gasteiger partial charge on any atom is -0.484 e. The molecule has 3 aromatic rings. The second-order valence-corrected chi connectivity index (χ2v) is 7.46. The van der Waals surface area contributed by atoms with Gasteiger partial charge >= 0.3 is 0 Å². The molecule has 0 saturated carbocycles. The smallest absolute Gasteiger partial charge is 0.258 e. The molecule has 2 aromatic carbocycles. The lowest BCUT2D eigenvalue weighted by Gasteiger charge is -2.19. The van der Waals surface area contributed by atoms with Crippen LogP contribution in [-0.2, 0) is 24.7 Å². The van der Waals surface area contributed by atoms with E-state index in [-0.39, 0.29) is 18.6 Å². The summed E-state index contributed by atoms with van der Waals surface area (Å²) < 4.78 is 7.63. The van der Waals surface area contributed by atoms with Gasteiger partial charge in [0.05, 0.1) is 0 Å². The molecule has 1 aliphatic rings. The fourth-order valence-electron chi connectivity index (χ4n) is 3.60. The van der Waals surface area contributed by atoms with Crippen LogP contribution in [-0.4, -0.2) is 22.1 Å². The molecule has 1 amide bonds. The fourth-order valence-corrected chi connectivity index (χ4v) is 3.72. The van der Waals surface area contributed by atoms with E-state index in [0.717, 1.165) is 30.0 Å². The molecule has 1 unspecified atom stereocenters. The number of aryl methyl sites for hydroxylation is 3. The van der Waals surface area contributed by atoms with Crippen molar-refractivity contribution in [2.24, 2.45) is 7.05 Å². The minimum atomic E-state index is -0.381. The van der Waals surface area contributed by atoms with E-state index >= 15 is 0 Å². The topological polar surface area (TPSA) is 56.2 Å². The van der Waals surface area contributed by atoms with Crippen LogP contribution in [0.15, 0.2) is 54.9 Å². The Labute approximate surface area is 169 Å². The van der Waals surface area contributed by atoms with E-state index in [1.807, 2.05) is 42.1 Å². The number of halogens is 1. The van der Waals surface area contributed by atoms with Crippen molar-refractivity contribution in [3.8, 4) is 5.75 Å². The molecule has 0 spiro atoms. The highest BCUT2D eigenvalue weighted by Crippen LogP contribution is 2.26. The number of hydrogen-bond acceptors (Lipinski definition) is 3. The van der Waals surface area contributed by atoms with Crippen molar-refractivity contribution >= 4 is 17.5 Å². The highest BCUT2D eigenvalue weighted by Gasteiger charge is 2.21. The van der Waals surface area contributed by atoms with Crippen LogP contribution in [0.3, 0.4) is 0 Å². The Kier molecular flexibility index (Phi) is 5.35. The first-order chi connectivity index (χ1) is 13.6. The van der Waals surface area contributed by atoms with E-state index in [1.54, 1.807) is 18.3 Å². The van der Waals surface area contributed by atoms with Crippen molar-refractivity contribution in [1.82, 2.24) is 14.9 Å². The van der Waals surface area contributed by atoms with Gasteiger partial charge in [0.15, 0.2) is 6.61 Å².